The number of aromatic nitrogens is 1. The van der Waals surface area contributed by atoms with Gasteiger partial charge in [0.05, 0.1) is 12.3 Å². The van der Waals surface area contributed by atoms with Gasteiger partial charge in [0, 0.05) is 36.2 Å². The highest BCUT2D eigenvalue weighted by Gasteiger charge is 2.28. The van der Waals surface area contributed by atoms with Crippen molar-refractivity contribution in [3.8, 4) is 17.2 Å². The quantitative estimate of drug-likeness (QED) is 0.590. The maximum Gasteiger partial charge on any atom is 0.226 e. The second-order valence-electron chi connectivity index (χ2n) is 8.84. The summed E-state index contributed by atoms with van der Waals surface area (Å²) in [5, 5.41) is 10.7. The van der Waals surface area contributed by atoms with Crippen molar-refractivity contribution in [2.75, 3.05) is 38.5 Å². The Bertz CT molecular complexity index is 827. The van der Waals surface area contributed by atoms with Crippen LogP contribution in [0.25, 0.3) is 11.5 Å². The molecule has 0 bridgehead atoms. The minimum absolute atomic E-state index is 0.389. The van der Waals surface area contributed by atoms with Crippen molar-refractivity contribution in [3.63, 3.8) is 0 Å². The lowest BCUT2D eigenvalue weighted by Crippen LogP contribution is -2.49. The molecule has 1 atom stereocenters. The Morgan fingerprint density at radius 2 is 1.84 bits per heavy atom. The molecule has 2 saturated heterocycles. The molecule has 32 heavy (non-hydrogen) atoms. The van der Waals surface area contributed by atoms with Crippen LogP contribution in [0.2, 0.25) is 0 Å². The van der Waals surface area contributed by atoms with Crippen LogP contribution in [-0.2, 0) is 5.75 Å². The Kier molecular flexibility index (Phi) is 8.52. The molecule has 176 valence electrons. The number of benzene rings is 1. The highest BCUT2D eigenvalue weighted by Crippen LogP contribution is 2.27. The van der Waals surface area contributed by atoms with Gasteiger partial charge in [-0.05, 0) is 76.9 Å². The molecule has 4 rings (SSSR count). The first-order valence-corrected chi connectivity index (χ1v) is 13.2. The number of nitrogens with zero attached hydrogens (tertiary/aromatic N) is 3. The van der Waals surface area contributed by atoms with Crippen molar-refractivity contribution in [1.82, 2.24) is 14.8 Å². The number of thioether (sulfide) groups is 1. The minimum Gasteiger partial charge on any atom is -0.494 e. The van der Waals surface area contributed by atoms with Crippen LogP contribution in [0, 0.1) is 6.92 Å². The van der Waals surface area contributed by atoms with Crippen LogP contribution < -0.4 is 4.74 Å². The third kappa shape index (κ3) is 6.07. The van der Waals surface area contributed by atoms with Gasteiger partial charge in [-0.1, -0.05) is 6.42 Å². The summed E-state index contributed by atoms with van der Waals surface area (Å²) in [7, 11) is 0. The molecule has 0 saturated carbocycles. The van der Waals surface area contributed by atoms with Gasteiger partial charge in [0.25, 0.3) is 0 Å². The van der Waals surface area contributed by atoms with Crippen LogP contribution in [0.4, 0.5) is 0 Å². The first kappa shape index (κ1) is 23.6. The molecule has 1 unspecified atom stereocenters. The van der Waals surface area contributed by atoms with Crippen molar-refractivity contribution < 1.29 is 14.3 Å². The van der Waals surface area contributed by atoms with E-state index >= 15 is 0 Å². The molecule has 6 nitrogen and oxygen atoms in total. The number of hydrogen-bond acceptors (Lipinski definition) is 7. The van der Waals surface area contributed by atoms with Crippen LogP contribution in [0.1, 0.15) is 50.5 Å². The fourth-order valence-corrected chi connectivity index (χ4v) is 5.75. The van der Waals surface area contributed by atoms with Gasteiger partial charge in [0.2, 0.25) is 5.89 Å². The van der Waals surface area contributed by atoms with E-state index in [-0.39, 0.29) is 6.23 Å². The molecule has 0 aliphatic carbocycles. The van der Waals surface area contributed by atoms with E-state index in [9.17, 15) is 5.11 Å². The van der Waals surface area contributed by atoms with E-state index < -0.39 is 0 Å². The molecule has 1 N–H and O–H groups in total. The number of piperidine rings is 2. The van der Waals surface area contributed by atoms with E-state index in [0.717, 1.165) is 41.6 Å². The zero-order valence-electron chi connectivity index (χ0n) is 19.5. The van der Waals surface area contributed by atoms with Gasteiger partial charge >= 0.3 is 0 Å². The number of ether oxygens (including phenoxy) is 1. The maximum absolute atomic E-state index is 10.7. The zero-order valence-corrected chi connectivity index (χ0v) is 20.3. The molecular weight excluding hydrogens is 422 g/mol. The Hall–Kier alpha value is -1.54. The van der Waals surface area contributed by atoms with Crippen molar-refractivity contribution in [2.24, 2.45) is 0 Å². The molecule has 7 heteroatoms. The topological polar surface area (TPSA) is 62.0 Å². The van der Waals surface area contributed by atoms with Crippen molar-refractivity contribution in [1.29, 1.82) is 0 Å². The predicted octanol–water partition coefficient (Wildman–Crippen LogP) is 4.55. The van der Waals surface area contributed by atoms with Crippen molar-refractivity contribution in [3.05, 3.63) is 35.7 Å². The standard InChI is InChI=1S/C25H37N3O3S/c1-3-30-22-9-7-20(8-10-22)25-26-23(19(2)31-25)17-32-18-24(29)28-15-11-21(12-16-28)27-13-5-4-6-14-27/h7-10,21,24,29H,3-6,11-18H2,1-2H3. The zero-order chi connectivity index (χ0) is 22.3. The molecular formula is C25H37N3O3S. The third-order valence-corrected chi connectivity index (χ3v) is 7.65. The summed E-state index contributed by atoms with van der Waals surface area (Å²) in [6, 6.07) is 8.55. The number of oxazole rings is 1. The predicted molar refractivity (Wildman–Crippen MR) is 130 cm³/mol. The summed E-state index contributed by atoms with van der Waals surface area (Å²) in [5.41, 5.74) is 1.90. The lowest BCUT2D eigenvalue weighted by Gasteiger charge is -2.41. The Morgan fingerprint density at radius 1 is 1.12 bits per heavy atom. The molecule has 2 aromatic rings. The van der Waals surface area contributed by atoms with Crippen LogP contribution in [-0.4, -0.2) is 70.7 Å². The Balaban J connectivity index is 1.22. The summed E-state index contributed by atoms with van der Waals surface area (Å²) < 4.78 is 11.4. The van der Waals surface area contributed by atoms with E-state index in [4.69, 9.17) is 14.1 Å². The molecule has 0 spiro atoms. The van der Waals surface area contributed by atoms with E-state index in [0.29, 0.717) is 24.3 Å². The number of aliphatic hydroxyl groups is 1. The summed E-state index contributed by atoms with van der Waals surface area (Å²) in [6.07, 6.45) is 6.05. The fourth-order valence-electron chi connectivity index (χ4n) is 4.74. The number of rotatable bonds is 9. The average Bonchev–Trinajstić information content (AvgIpc) is 3.21. The summed E-state index contributed by atoms with van der Waals surface area (Å²) in [6.45, 7) is 9.10. The van der Waals surface area contributed by atoms with E-state index in [1.165, 1.54) is 45.2 Å². The van der Waals surface area contributed by atoms with Gasteiger partial charge in [-0.2, -0.15) is 11.8 Å². The molecule has 2 fully saturated rings. The highest BCUT2D eigenvalue weighted by atomic mass is 32.2. The van der Waals surface area contributed by atoms with E-state index in [2.05, 4.69) is 9.80 Å². The number of hydrogen-bond donors (Lipinski definition) is 1. The molecule has 2 aliphatic rings. The lowest BCUT2D eigenvalue weighted by atomic mass is 10.00. The molecule has 0 radical (unpaired) electrons. The molecule has 1 aromatic heterocycles. The Morgan fingerprint density at radius 3 is 2.53 bits per heavy atom. The first-order valence-electron chi connectivity index (χ1n) is 12.1. The number of aryl methyl sites for hydroxylation is 1. The second kappa shape index (κ2) is 11.5. The third-order valence-electron chi connectivity index (χ3n) is 6.64. The number of aliphatic hydroxyl groups excluding tert-OH is 1. The molecule has 2 aliphatic heterocycles. The van der Waals surface area contributed by atoms with Crippen LogP contribution in [0.15, 0.2) is 28.7 Å². The lowest BCUT2D eigenvalue weighted by molar-refractivity contribution is -0.0115. The van der Waals surface area contributed by atoms with Crippen molar-refractivity contribution >= 4 is 11.8 Å². The normalized spacial score (nSPS) is 19.8. The first-order chi connectivity index (χ1) is 15.6. The summed E-state index contributed by atoms with van der Waals surface area (Å²) in [5.74, 6) is 3.77. The van der Waals surface area contributed by atoms with Gasteiger partial charge in [0.1, 0.15) is 17.7 Å². The summed E-state index contributed by atoms with van der Waals surface area (Å²) >= 11 is 1.72. The van der Waals surface area contributed by atoms with Gasteiger partial charge in [-0.3, -0.25) is 4.90 Å². The van der Waals surface area contributed by atoms with E-state index in [1.54, 1.807) is 11.8 Å². The molecule has 3 heterocycles. The summed E-state index contributed by atoms with van der Waals surface area (Å²) in [4.78, 5) is 9.62. The molecule has 1 aromatic carbocycles. The smallest absolute Gasteiger partial charge is 0.226 e. The minimum atomic E-state index is -0.389. The van der Waals surface area contributed by atoms with Gasteiger partial charge in [0.15, 0.2) is 0 Å². The SMILES string of the molecule is CCOc1ccc(-c2nc(CSCC(O)N3CCC(N4CCCCC4)CC3)c(C)o2)cc1. The van der Waals surface area contributed by atoms with E-state index in [1.807, 2.05) is 38.1 Å². The average molecular weight is 460 g/mol. The fraction of sp³-hybridized carbons (Fsp3) is 0.640. The van der Waals surface area contributed by atoms with Gasteiger partial charge in [-0.15, -0.1) is 0 Å². The van der Waals surface area contributed by atoms with Gasteiger partial charge in [-0.25, -0.2) is 4.98 Å². The molecule has 0 amide bonds. The van der Waals surface area contributed by atoms with Crippen LogP contribution in [0.5, 0.6) is 5.75 Å². The number of likely N-dealkylation sites (tertiary alicyclic amines) is 2. The van der Waals surface area contributed by atoms with Crippen LogP contribution in [0.3, 0.4) is 0 Å². The second-order valence-corrected chi connectivity index (χ2v) is 9.87. The maximum atomic E-state index is 10.7. The van der Waals surface area contributed by atoms with Crippen molar-refractivity contribution in [2.45, 2.75) is 64.0 Å². The van der Waals surface area contributed by atoms with Gasteiger partial charge < -0.3 is 19.2 Å². The highest BCUT2D eigenvalue weighted by molar-refractivity contribution is 7.98. The monoisotopic (exact) mass is 459 g/mol. The largest absolute Gasteiger partial charge is 0.494 e. The Labute approximate surface area is 196 Å². The van der Waals surface area contributed by atoms with Crippen LogP contribution >= 0.6 is 11.8 Å².